The molecule has 1 aromatic carbocycles. The van der Waals surface area contributed by atoms with Gasteiger partial charge in [-0.1, -0.05) is 15.9 Å². The Balaban J connectivity index is 2.93. The quantitative estimate of drug-likeness (QED) is 0.441. The lowest BCUT2D eigenvalue weighted by atomic mass is 10.1. The van der Waals surface area contributed by atoms with Crippen molar-refractivity contribution in [1.29, 1.82) is 0 Å². The summed E-state index contributed by atoms with van der Waals surface area (Å²) in [5, 5.41) is 11.5. The molecular weight excluding hydrogens is 300 g/mol. The minimum atomic E-state index is -0.374. The lowest BCUT2D eigenvalue weighted by Gasteiger charge is -2.25. The molecule has 0 fully saturated rings. The molecule has 0 saturated carbocycles. The molecule has 1 rings (SSSR count). The number of ether oxygens (including phenoxy) is 1. The van der Waals surface area contributed by atoms with E-state index in [2.05, 4.69) is 20.8 Å². The van der Waals surface area contributed by atoms with Gasteiger partial charge in [-0.2, -0.15) is 0 Å². The van der Waals surface area contributed by atoms with E-state index < -0.39 is 0 Å². The highest BCUT2D eigenvalue weighted by Gasteiger charge is 2.12. The monoisotopic (exact) mass is 316 g/mol. The highest BCUT2D eigenvalue weighted by molar-refractivity contribution is 9.09. The predicted octanol–water partition coefficient (Wildman–Crippen LogP) is 2.75. The molecule has 0 aromatic heterocycles. The summed E-state index contributed by atoms with van der Waals surface area (Å²) in [6, 6.07) is 4.94. The van der Waals surface area contributed by atoms with Gasteiger partial charge in [0.25, 0.3) is 5.69 Å². The molecule has 0 aliphatic heterocycles. The number of non-ortho nitro benzene ring substituents is 1. The zero-order chi connectivity index (χ0) is 13.5. The third-order valence-electron chi connectivity index (χ3n) is 2.65. The molecule has 0 bridgehead atoms. The molecule has 0 unspecified atom stereocenters. The minimum absolute atomic E-state index is 0.127. The van der Waals surface area contributed by atoms with Crippen LogP contribution >= 0.6 is 15.9 Å². The largest absolute Gasteiger partial charge is 0.383 e. The number of halogens is 1. The van der Waals surface area contributed by atoms with Crippen molar-refractivity contribution in [1.82, 2.24) is 0 Å². The second kappa shape index (κ2) is 7.33. The number of alkyl halides is 1. The Bertz CT molecular complexity index is 412. The van der Waals surface area contributed by atoms with Crippen molar-refractivity contribution in [2.75, 3.05) is 37.0 Å². The number of nitro benzene ring substituents is 1. The summed E-state index contributed by atoms with van der Waals surface area (Å²) in [5.74, 6) is 0. The van der Waals surface area contributed by atoms with Crippen LogP contribution in [-0.2, 0) is 4.74 Å². The molecule has 0 saturated heterocycles. The second-order valence-corrected chi connectivity index (χ2v) is 4.69. The molecule has 6 heteroatoms. The van der Waals surface area contributed by atoms with Crippen LogP contribution < -0.4 is 4.90 Å². The van der Waals surface area contributed by atoms with Crippen molar-refractivity contribution in [2.45, 2.75) is 6.92 Å². The topological polar surface area (TPSA) is 55.6 Å². The first-order chi connectivity index (χ1) is 8.60. The van der Waals surface area contributed by atoms with Crippen LogP contribution in [0, 0.1) is 17.0 Å². The van der Waals surface area contributed by atoms with Crippen molar-refractivity contribution in [3.8, 4) is 0 Å². The number of benzene rings is 1. The van der Waals surface area contributed by atoms with Gasteiger partial charge in [-0.05, 0) is 18.6 Å². The highest BCUT2D eigenvalue weighted by atomic mass is 79.9. The number of methoxy groups -OCH3 is 1. The lowest BCUT2D eigenvalue weighted by molar-refractivity contribution is -0.384. The number of anilines is 1. The molecule has 0 aliphatic carbocycles. The van der Waals surface area contributed by atoms with Crippen molar-refractivity contribution in [3.63, 3.8) is 0 Å². The van der Waals surface area contributed by atoms with Crippen molar-refractivity contribution in [2.24, 2.45) is 0 Å². The first kappa shape index (κ1) is 14.9. The molecule has 5 nitrogen and oxygen atoms in total. The van der Waals surface area contributed by atoms with E-state index >= 15 is 0 Å². The average molecular weight is 317 g/mol. The maximum Gasteiger partial charge on any atom is 0.269 e. The van der Waals surface area contributed by atoms with E-state index in [-0.39, 0.29) is 10.6 Å². The van der Waals surface area contributed by atoms with E-state index in [1.54, 1.807) is 19.2 Å². The Morgan fingerprint density at radius 1 is 1.44 bits per heavy atom. The number of rotatable bonds is 7. The Morgan fingerprint density at radius 3 is 2.67 bits per heavy atom. The van der Waals surface area contributed by atoms with Gasteiger partial charge >= 0.3 is 0 Å². The molecule has 0 heterocycles. The number of hydrogen-bond acceptors (Lipinski definition) is 4. The van der Waals surface area contributed by atoms with Crippen LogP contribution in [0.5, 0.6) is 0 Å². The SMILES string of the molecule is COCCN(CCBr)c1ccc([N+](=O)[O-])cc1C. The van der Waals surface area contributed by atoms with E-state index in [0.29, 0.717) is 6.61 Å². The molecular formula is C12H17BrN2O3. The van der Waals surface area contributed by atoms with E-state index in [1.807, 2.05) is 6.92 Å². The third-order valence-corrected chi connectivity index (χ3v) is 3.01. The van der Waals surface area contributed by atoms with Crippen molar-refractivity contribution < 1.29 is 9.66 Å². The van der Waals surface area contributed by atoms with Crippen LogP contribution in [0.25, 0.3) is 0 Å². The Hall–Kier alpha value is -1.14. The van der Waals surface area contributed by atoms with E-state index in [9.17, 15) is 10.1 Å². The number of hydrogen-bond donors (Lipinski definition) is 0. The number of aryl methyl sites for hydroxylation is 1. The average Bonchev–Trinajstić information content (AvgIpc) is 2.34. The van der Waals surface area contributed by atoms with Gasteiger partial charge < -0.3 is 9.64 Å². The van der Waals surface area contributed by atoms with Crippen LogP contribution in [0.1, 0.15) is 5.56 Å². The zero-order valence-electron chi connectivity index (χ0n) is 10.6. The van der Waals surface area contributed by atoms with Crippen LogP contribution in [0.4, 0.5) is 11.4 Å². The molecule has 0 atom stereocenters. The fourth-order valence-corrected chi connectivity index (χ4v) is 2.19. The summed E-state index contributed by atoms with van der Waals surface area (Å²) in [5.41, 5.74) is 2.04. The molecule has 1 aromatic rings. The Kier molecular flexibility index (Phi) is 6.07. The van der Waals surface area contributed by atoms with Gasteiger partial charge in [0, 0.05) is 43.3 Å². The van der Waals surface area contributed by atoms with Crippen LogP contribution in [0.15, 0.2) is 18.2 Å². The normalized spacial score (nSPS) is 10.4. The Morgan fingerprint density at radius 2 is 2.17 bits per heavy atom. The van der Waals surface area contributed by atoms with E-state index in [4.69, 9.17) is 4.74 Å². The first-order valence-corrected chi connectivity index (χ1v) is 6.77. The molecule has 18 heavy (non-hydrogen) atoms. The molecule has 0 aliphatic rings. The maximum absolute atomic E-state index is 10.7. The fraction of sp³-hybridized carbons (Fsp3) is 0.500. The van der Waals surface area contributed by atoms with Crippen molar-refractivity contribution >= 4 is 27.3 Å². The summed E-state index contributed by atoms with van der Waals surface area (Å²) in [7, 11) is 1.66. The van der Waals surface area contributed by atoms with Crippen molar-refractivity contribution in [3.05, 3.63) is 33.9 Å². The predicted molar refractivity (Wildman–Crippen MR) is 75.7 cm³/mol. The van der Waals surface area contributed by atoms with Crippen LogP contribution in [0.2, 0.25) is 0 Å². The van der Waals surface area contributed by atoms with Gasteiger partial charge in [0.2, 0.25) is 0 Å². The van der Waals surface area contributed by atoms with E-state index in [0.717, 1.165) is 29.7 Å². The zero-order valence-corrected chi connectivity index (χ0v) is 12.1. The lowest BCUT2D eigenvalue weighted by Crippen LogP contribution is -2.29. The van der Waals surface area contributed by atoms with Gasteiger partial charge in [-0.25, -0.2) is 0 Å². The second-order valence-electron chi connectivity index (χ2n) is 3.90. The van der Waals surface area contributed by atoms with Crippen LogP contribution in [-0.4, -0.2) is 37.1 Å². The highest BCUT2D eigenvalue weighted by Crippen LogP contribution is 2.24. The standard InChI is InChI=1S/C12H17BrN2O3/c1-10-9-11(15(16)17)3-4-12(10)14(6-5-13)7-8-18-2/h3-4,9H,5-8H2,1-2H3. The maximum atomic E-state index is 10.7. The smallest absolute Gasteiger partial charge is 0.269 e. The van der Waals surface area contributed by atoms with E-state index in [1.165, 1.54) is 6.07 Å². The summed E-state index contributed by atoms with van der Waals surface area (Å²) >= 11 is 3.41. The molecule has 0 spiro atoms. The van der Waals surface area contributed by atoms with Crippen LogP contribution in [0.3, 0.4) is 0 Å². The summed E-state index contributed by atoms with van der Waals surface area (Å²) < 4.78 is 5.08. The molecule has 100 valence electrons. The minimum Gasteiger partial charge on any atom is -0.383 e. The molecule has 0 N–H and O–H groups in total. The van der Waals surface area contributed by atoms with Gasteiger partial charge in [-0.15, -0.1) is 0 Å². The number of nitro groups is 1. The first-order valence-electron chi connectivity index (χ1n) is 5.65. The third kappa shape index (κ3) is 3.96. The van der Waals surface area contributed by atoms with Gasteiger partial charge in [0.15, 0.2) is 0 Å². The Labute approximate surface area is 115 Å². The van der Waals surface area contributed by atoms with Gasteiger partial charge in [0.05, 0.1) is 11.5 Å². The molecule has 0 radical (unpaired) electrons. The summed E-state index contributed by atoms with van der Waals surface area (Å²) in [6.07, 6.45) is 0. The number of nitrogens with zero attached hydrogens (tertiary/aromatic N) is 2. The molecule has 0 amide bonds. The summed E-state index contributed by atoms with van der Waals surface area (Å²) in [6.45, 7) is 4.11. The fourth-order valence-electron chi connectivity index (χ4n) is 1.76. The van der Waals surface area contributed by atoms with Gasteiger partial charge in [0.1, 0.15) is 0 Å². The summed E-state index contributed by atoms with van der Waals surface area (Å²) in [4.78, 5) is 12.5. The van der Waals surface area contributed by atoms with Gasteiger partial charge in [-0.3, -0.25) is 10.1 Å².